The first-order valence-electron chi connectivity index (χ1n) is 6.60. The van der Waals surface area contributed by atoms with Gasteiger partial charge in [0.05, 0.1) is 0 Å². The van der Waals surface area contributed by atoms with Crippen LogP contribution in [0.3, 0.4) is 0 Å². The SMILES string of the molecule is Cc1nc([N+](=O)[O-])c(N(C)CC2CCCNC2)n1C. The van der Waals surface area contributed by atoms with Crippen LogP contribution in [0.15, 0.2) is 0 Å². The third-order valence-electron chi connectivity index (χ3n) is 3.74. The van der Waals surface area contributed by atoms with Crippen LogP contribution in [0.25, 0.3) is 0 Å². The minimum Gasteiger partial charge on any atom is -0.358 e. The van der Waals surface area contributed by atoms with Crippen molar-refractivity contribution in [1.29, 1.82) is 0 Å². The topological polar surface area (TPSA) is 76.2 Å². The van der Waals surface area contributed by atoms with Gasteiger partial charge in [-0.05, 0) is 41.8 Å². The van der Waals surface area contributed by atoms with Crippen molar-refractivity contribution >= 4 is 11.6 Å². The Morgan fingerprint density at radius 3 is 2.95 bits per heavy atom. The van der Waals surface area contributed by atoms with Crippen LogP contribution >= 0.6 is 0 Å². The third kappa shape index (κ3) is 2.86. The molecule has 106 valence electrons. The normalized spacial score (nSPS) is 19.4. The summed E-state index contributed by atoms with van der Waals surface area (Å²) in [5, 5.41) is 14.4. The van der Waals surface area contributed by atoms with Crippen molar-refractivity contribution in [2.45, 2.75) is 19.8 Å². The van der Waals surface area contributed by atoms with Crippen molar-refractivity contribution in [3.63, 3.8) is 0 Å². The van der Waals surface area contributed by atoms with E-state index in [1.54, 1.807) is 11.5 Å². The van der Waals surface area contributed by atoms with E-state index in [1.807, 2.05) is 19.0 Å². The molecule has 1 aromatic rings. The summed E-state index contributed by atoms with van der Waals surface area (Å²) in [5.41, 5.74) is 0. The molecule has 7 nitrogen and oxygen atoms in total. The fraction of sp³-hybridized carbons (Fsp3) is 0.750. The minimum absolute atomic E-state index is 0.0498. The maximum absolute atomic E-state index is 11.1. The van der Waals surface area contributed by atoms with Gasteiger partial charge in [-0.25, -0.2) is 0 Å². The summed E-state index contributed by atoms with van der Waals surface area (Å²) in [6.07, 6.45) is 2.34. The second-order valence-corrected chi connectivity index (χ2v) is 5.22. The van der Waals surface area contributed by atoms with Crippen molar-refractivity contribution in [2.75, 3.05) is 31.6 Å². The fourth-order valence-electron chi connectivity index (χ4n) is 2.68. The Bertz CT molecular complexity index is 465. The van der Waals surface area contributed by atoms with Crippen LogP contribution in [0, 0.1) is 23.0 Å². The van der Waals surface area contributed by atoms with Gasteiger partial charge in [0.1, 0.15) is 0 Å². The molecule has 2 rings (SSSR count). The summed E-state index contributed by atoms with van der Waals surface area (Å²) in [4.78, 5) is 16.7. The molecule has 0 aliphatic carbocycles. The minimum atomic E-state index is -0.405. The summed E-state index contributed by atoms with van der Waals surface area (Å²) in [5.74, 6) is 1.74. The number of nitro groups is 1. The zero-order valence-electron chi connectivity index (χ0n) is 11.7. The number of piperidine rings is 1. The highest BCUT2D eigenvalue weighted by atomic mass is 16.6. The number of hydrogen-bond donors (Lipinski definition) is 1. The number of nitrogens with zero attached hydrogens (tertiary/aromatic N) is 4. The van der Waals surface area contributed by atoms with Crippen molar-refractivity contribution < 1.29 is 4.92 Å². The Labute approximate surface area is 112 Å². The summed E-state index contributed by atoms with van der Waals surface area (Å²) < 4.78 is 1.79. The molecule has 1 aromatic heterocycles. The first-order valence-corrected chi connectivity index (χ1v) is 6.60. The van der Waals surface area contributed by atoms with Gasteiger partial charge in [-0.15, -0.1) is 0 Å². The quantitative estimate of drug-likeness (QED) is 0.652. The van der Waals surface area contributed by atoms with Crippen molar-refractivity contribution in [3.05, 3.63) is 15.9 Å². The van der Waals surface area contributed by atoms with Crippen LogP contribution < -0.4 is 10.2 Å². The second-order valence-electron chi connectivity index (χ2n) is 5.22. The Morgan fingerprint density at radius 2 is 2.37 bits per heavy atom. The second kappa shape index (κ2) is 5.56. The van der Waals surface area contributed by atoms with Gasteiger partial charge in [0.25, 0.3) is 0 Å². The third-order valence-corrected chi connectivity index (χ3v) is 3.74. The highest BCUT2D eigenvalue weighted by Crippen LogP contribution is 2.28. The summed E-state index contributed by atoms with van der Waals surface area (Å²) in [7, 11) is 3.72. The van der Waals surface area contributed by atoms with E-state index in [9.17, 15) is 10.1 Å². The lowest BCUT2D eigenvalue weighted by molar-refractivity contribution is -0.388. The molecule has 2 heterocycles. The molecule has 0 saturated carbocycles. The summed E-state index contributed by atoms with van der Waals surface area (Å²) >= 11 is 0. The van der Waals surface area contributed by atoms with Gasteiger partial charge in [0.15, 0.2) is 0 Å². The van der Waals surface area contributed by atoms with Crippen LogP contribution in [0.5, 0.6) is 0 Å². The number of rotatable bonds is 4. The molecule has 1 unspecified atom stereocenters. The molecule has 1 aliphatic rings. The van der Waals surface area contributed by atoms with E-state index in [4.69, 9.17) is 0 Å². The number of imidazole rings is 1. The molecule has 1 N–H and O–H groups in total. The van der Waals surface area contributed by atoms with Crippen molar-refractivity contribution in [3.8, 4) is 0 Å². The summed E-state index contributed by atoms with van der Waals surface area (Å²) in [6.45, 7) is 4.65. The zero-order chi connectivity index (χ0) is 14.0. The smallest absolute Gasteiger partial charge is 0.358 e. The summed E-state index contributed by atoms with van der Waals surface area (Å²) in [6, 6.07) is 0. The molecule has 0 amide bonds. The predicted octanol–water partition coefficient (Wildman–Crippen LogP) is 1.07. The average Bonchev–Trinajstić information content (AvgIpc) is 2.67. The van der Waals surface area contributed by atoms with E-state index < -0.39 is 4.92 Å². The number of nitrogens with one attached hydrogen (secondary N) is 1. The highest BCUT2D eigenvalue weighted by molar-refractivity contribution is 5.55. The molecule has 1 saturated heterocycles. The first-order chi connectivity index (χ1) is 9.00. The molecule has 19 heavy (non-hydrogen) atoms. The molecule has 0 spiro atoms. The van der Waals surface area contributed by atoms with Gasteiger partial charge in [0.2, 0.25) is 11.6 Å². The monoisotopic (exact) mass is 267 g/mol. The van der Waals surface area contributed by atoms with Gasteiger partial charge in [0, 0.05) is 27.6 Å². The van der Waals surface area contributed by atoms with Gasteiger partial charge in [-0.3, -0.25) is 4.57 Å². The molecule has 0 radical (unpaired) electrons. The van der Waals surface area contributed by atoms with E-state index in [0.717, 1.165) is 19.6 Å². The van der Waals surface area contributed by atoms with Crippen molar-refractivity contribution in [2.24, 2.45) is 13.0 Å². The van der Waals surface area contributed by atoms with E-state index in [-0.39, 0.29) is 5.82 Å². The van der Waals surface area contributed by atoms with Crippen LogP contribution in [0.1, 0.15) is 18.7 Å². The van der Waals surface area contributed by atoms with E-state index in [1.165, 1.54) is 12.8 Å². The molecule has 0 bridgehead atoms. The van der Waals surface area contributed by atoms with E-state index >= 15 is 0 Å². The van der Waals surface area contributed by atoms with E-state index in [0.29, 0.717) is 17.6 Å². The van der Waals surface area contributed by atoms with Crippen LogP contribution in [-0.4, -0.2) is 41.2 Å². The lowest BCUT2D eigenvalue weighted by atomic mass is 9.99. The van der Waals surface area contributed by atoms with Crippen LogP contribution in [-0.2, 0) is 7.05 Å². The van der Waals surface area contributed by atoms with Gasteiger partial charge >= 0.3 is 5.82 Å². The Kier molecular flexibility index (Phi) is 4.04. The van der Waals surface area contributed by atoms with Gasteiger partial charge in [-0.1, -0.05) is 0 Å². The Balaban J connectivity index is 2.17. The lowest BCUT2D eigenvalue weighted by Gasteiger charge is -2.28. The average molecular weight is 267 g/mol. The van der Waals surface area contributed by atoms with Gasteiger partial charge in [-0.2, -0.15) is 0 Å². The zero-order valence-corrected chi connectivity index (χ0v) is 11.7. The molecule has 1 atom stereocenters. The first kappa shape index (κ1) is 13.8. The van der Waals surface area contributed by atoms with Crippen LogP contribution in [0.2, 0.25) is 0 Å². The van der Waals surface area contributed by atoms with E-state index in [2.05, 4.69) is 10.3 Å². The standard InChI is InChI=1S/C12H21N5O2/c1-9-14-11(17(18)19)12(16(9)3)15(2)8-10-5-4-6-13-7-10/h10,13H,4-8H2,1-3H3. The Hall–Kier alpha value is -1.63. The van der Waals surface area contributed by atoms with Gasteiger partial charge < -0.3 is 20.3 Å². The van der Waals surface area contributed by atoms with Crippen molar-refractivity contribution in [1.82, 2.24) is 14.9 Å². The maximum Gasteiger partial charge on any atom is 0.406 e. The lowest BCUT2D eigenvalue weighted by Crippen LogP contribution is -2.37. The molecular formula is C12H21N5O2. The number of anilines is 1. The molecule has 0 aromatic carbocycles. The number of aromatic nitrogens is 2. The Morgan fingerprint density at radius 1 is 1.63 bits per heavy atom. The largest absolute Gasteiger partial charge is 0.406 e. The highest BCUT2D eigenvalue weighted by Gasteiger charge is 2.28. The molecular weight excluding hydrogens is 246 g/mol. The molecule has 1 aliphatic heterocycles. The fourth-order valence-corrected chi connectivity index (χ4v) is 2.68. The number of aryl methyl sites for hydroxylation is 1. The number of hydrogen-bond acceptors (Lipinski definition) is 5. The predicted molar refractivity (Wildman–Crippen MR) is 73.5 cm³/mol. The van der Waals surface area contributed by atoms with Crippen LogP contribution in [0.4, 0.5) is 11.6 Å². The maximum atomic E-state index is 11.1. The molecule has 1 fully saturated rings. The molecule has 7 heteroatoms.